The highest BCUT2D eigenvalue weighted by Gasteiger charge is 2.06. The van der Waals surface area contributed by atoms with E-state index in [1.54, 1.807) is 0 Å². The van der Waals surface area contributed by atoms with Crippen LogP contribution in [0.3, 0.4) is 0 Å². The zero-order chi connectivity index (χ0) is 13.1. The van der Waals surface area contributed by atoms with Crippen LogP contribution in [-0.2, 0) is 0 Å². The Morgan fingerprint density at radius 3 is 2.33 bits per heavy atom. The van der Waals surface area contributed by atoms with Crippen molar-refractivity contribution < 1.29 is 0 Å². The summed E-state index contributed by atoms with van der Waals surface area (Å²) in [6.45, 7) is 4.23. The van der Waals surface area contributed by atoms with Gasteiger partial charge in [-0.3, -0.25) is 0 Å². The zero-order valence-electron chi connectivity index (χ0n) is 11.4. The van der Waals surface area contributed by atoms with Gasteiger partial charge in [-0.2, -0.15) is 0 Å². The van der Waals surface area contributed by atoms with E-state index in [4.69, 9.17) is 0 Å². The minimum absolute atomic E-state index is 0.878. The fourth-order valence-electron chi connectivity index (χ4n) is 2.03. The Balaban J connectivity index is 2.37. The van der Waals surface area contributed by atoms with E-state index >= 15 is 0 Å². The molecular weight excluding hydrogens is 222 g/mol. The van der Waals surface area contributed by atoms with Crippen LogP contribution in [0.15, 0.2) is 36.4 Å². The van der Waals surface area contributed by atoms with Crippen LogP contribution >= 0.6 is 0 Å². The lowest BCUT2D eigenvalue weighted by atomic mass is 10.1. The topological polar surface area (TPSA) is 28.2 Å². The summed E-state index contributed by atoms with van der Waals surface area (Å²) in [5, 5.41) is 3.06. The summed E-state index contributed by atoms with van der Waals surface area (Å²) >= 11 is 0. The third-order valence-electron chi connectivity index (χ3n) is 2.93. The highest BCUT2D eigenvalue weighted by Crippen LogP contribution is 2.24. The van der Waals surface area contributed by atoms with Crippen molar-refractivity contribution in [2.45, 2.75) is 13.8 Å². The Morgan fingerprint density at radius 1 is 1.06 bits per heavy atom. The van der Waals surface area contributed by atoms with Gasteiger partial charge in [0.1, 0.15) is 11.6 Å². The highest BCUT2D eigenvalue weighted by atomic mass is 15.2. The van der Waals surface area contributed by atoms with Gasteiger partial charge in [0, 0.05) is 19.8 Å². The lowest BCUT2D eigenvalue weighted by Crippen LogP contribution is -2.12. The fourth-order valence-corrected chi connectivity index (χ4v) is 2.03. The fraction of sp³-hybridized carbons (Fsp3) is 0.267. The molecule has 0 spiro atoms. The molecule has 0 saturated carbocycles. The number of nitrogens with one attached hydrogen (secondary N) is 1. The van der Waals surface area contributed by atoms with Gasteiger partial charge in [-0.25, -0.2) is 4.98 Å². The van der Waals surface area contributed by atoms with E-state index in [-0.39, 0.29) is 0 Å². The van der Waals surface area contributed by atoms with Crippen LogP contribution in [0.25, 0.3) is 0 Å². The van der Waals surface area contributed by atoms with Crippen molar-refractivity contribution >= 4 is 17.3 Å². The molecule has 1 heterocycles. The zero-order valence-corrected chi connectivity index (χ0v) is 11.4. The predicted octanol–water partition coefficient (Wildman–Crippen LogP) is 3.51. The molecule has 0 unspecified atom stereocenters. The standard InChI is InChI=1S/C15H19N3/c1-11-8-12(2)10-13(9-11)18(4)15-7-5-6-14(16-3)17-15/h5-10H,1-4H3,(H,16,17). The van der Waals surface area contributed by atoms with Crippen LogP contribution in [0.5, 0.6) is 0 Å². The smallest absolute Gasteiger partial charge is 0.135 e. The maximum Gasteiger partial charge on any atom is 0.135 e. The van der Waals surface area contributed by atoms with Crippen LogP contribution in [-0.4, -0.2) is 19.1 Å². The summed E-state index contributed by atoms with van der Waals surface area (Å²) in [7, 11) is 3.92. The van der Waals surface area contributed by atoms with E-state index in [2.05, 4.69) is 47.2 Å². The van der Waals surface area contributed by atoms with Crippen LogP contribution in [0.4, 0.5) is 17.3 Å². The minimum Gasteiger partial charge on any atom is -0.373 e. The van der Waals surface area contributed by atoms with Gasteiger partial charge in [0.2, 0.25) is 0 Å². The molecule has 0 amide bonds. The molecule has 3 nitrogen and oxygen atoms in total. The summed E-state index contributed by atoms with van der Waals surface area (Å²) in [4.78, 5) is 6.64. The second-order valence-electron chi connectivity index (χ2n) is 4.54. The van der Waals surface area contributed by atoms with Gasteiger partial charge >= 0.3 is 0 Å². The molecule has 1 aromatic carbocycles. The van der Waals surface area contributed by atoms with Gasteiger partial charge in [-0.05, 0) is 49.2 Å². The van der Waals surface area contributed by atoms with Crippen molar-refractivity contribution in [3.8, 4) is 0 Å². The summed E-state index contributed by atoms with van der Waals surface area (Å²) in [6.07, 6.45) is 0. The molecule has 2 rings (SSSR count). The third-order valence-corrected chi connectivity index (χ3v) is 2.93. The molecule has 94 valence electrons. The maximum absolute atomic E-state index is 4.54. The first-order valence-corrected chi connectivity index (χ1v) is 6.07. The molecule has 0 radical (unpaired) electrons. The second-order valence-corrected chi connectivity index (χ2v) is 4.54. The van der Waals surface area contributed by atoms with E-state index in [1.165, 1.54) is 11.1 Å². The third kappa shape index (κ3) is 2.62. The number of anilines is 3. The second kappa shape index (κ2) is 5.08. The molecule has 1 N–H and O–H groups in total. The molecule has 18 heavy (non-hydrogen) atoms. The van der Waals surface area contributed by atoms with Crippen molar-refractivity contribution in [2.24, 2.45) is 0 Å². The van der Waals surface area contributed by atoms with Crippen molar-refractivity contribution in [3.63, 3.8) is 0 Å². The number of benzene rings is 1. The Hall–Kier alpha value is -2.03. The van der Waals surface area contributed by atoms with Crippen LogP contribution in [0.2, 0.25) is 0 Å². The average Bonchev–Trinajstić information content (AvgIpc) is 2.37. The van der Waals surface area contributed by atoms with E-state index in [0.717, 1.165) is 17.3 Å². The molecule has 2 aromatic rings. The van der Waals surface area contributed by atoms with E-state index in [0.29, 0.717) is 0 Å². The van der Waals surface area contributed by atoms with E-state index in [9.17, 15) is 0 Å². The molecule has 0 atom stereocenters. The van der Waals surface area contributed by atoms with Crippen molar-refractivity contribution in [1.82, 2.24) is 4.98 Å². The summed E-state index contributed by atoms with van der Waals surface area (Å²) < 4.78 is 0. The SMILES string of the molecule is CNc1cccc(N(C)c2cc(C)cc(C)c2)n1. The molecule has 1 aromatic heterocycles. The van der Waals surface area contributed by atoms with Crippen LogP contribution in [0, 0.1) is 13.8 Å². The average molecular weight is 241 g/mol. The summed E-state index contributed by atoms with van der Waals surface area (Å²) in [5.74, 6) is 1.82. The monoisotopic (exact) mass is 241 g/mol. The first kappa shape index (κ1) is 12.4. The normalized spacial score (nSPS) is 10.2. The summed E-state index contributed by atoms with van der Waals surface area (Å²) in [5.41, 5.74) is 3.69. The Morgan fingerprint density at radius 2 is 1.72 bits per heavy atom. The number of hydrogen-bond donors (Lipinski definition) is 1. The van der Waals surface area contributed by atoms with Gasteiger partial charge in [-0.15, -0.1) is 0 Å². The van der Waals surface area contributed by atoms with Crippen LogP contribution < -0.4 is 10.2 Å². The van der Waals surface area contributed by atoms with Gasteiger partial charge < -0.3 is 10.2 Å². The number of aryl methyl sites for hydroxylation is 2. The van der Waals surface area contributed by atoms with Crippen molar-refractivity contribution in [1.29, 1.82) is 0 Å². The van der Waals surface area contributed by atoms with Crippen LogP contribution in [0.1, 0.15) is 11.1 Å². The van der Waals surface area contributed by atoms with Crippen molar-refractivity contribution in [2.75, 3.05) is 24.3 Å². The number of aromatic nitrogens is 1. The Bertz CT molecular complexity index is 529. The van der Waals surface area contributed by atoms with Gasteiger partial charge in [-0.1, -0.05) is 12.1 Å². The minimum atomic E-state index is 0.878. The summed E-state index contributed by atoms with van der Waals surface area (Å²) in [6, 6.07) is 12.5. The lowest BCUT2D eigenvalue weighted by molar-refractivity contribution is 1.12. The molecular formula is C15H19N3. The molecule has 0 bridgehead atoms. The van der Waals surface area contributed by atoms with Crippen molar-refractivity contribution in [3.05, 3.63) is 47.5 Å². The predicted molar refractivity (Wildman–Crippen MR) is 77.8 cm³/mol. The van der Waals surface area contributed by atoms with E-state index < -0.39 is 0 Å². The molecule has 3 heteroatoms. The quantitative estimate of drug-likeness (QED) is 0.891. The van der Waals surface area contributed by atoms with Gasteiger partial charge in [0.15, 0.2) is 0 Å². The molecule has 0 aliphatic heterocycles. The number of nitrogens with zero attached hydrogens (tertiary/aromatic N) is 2. The Kier molecular flexibility index (Phi) is 3.51. The molecule has 0 saturated heterocycles. The number of pyridine rings is 1. The molecule has 0 fully saturated rings. The lowest BCUT2D eigenvalue weighted by Gasteiger charge is -2.20. The van der Waals surface area contributed by atoms with Gasteiger partial charge in [0.05, 0.1) is 0 Å². The van der Waals surface area contributed by atoms with Gasteiger partial charge in [0.25, 0.3) is 0 Å². The first-order chi connectivity index (χ1) is 8.60. The van der Waals surface area contributed by atoms with E-state index in [1.807, 2.05) is 32.3 Å². The highest BCUT2D eigenvalue weighted by molar-refractivity contribution is 5.62. The molecule has 0 aliphatic rings. The maximum atomic E-state index is 4.54. The number of hydrogen-bond acceptors (Lipinski definition) is 3. The Labute approximate surface area is 108 Å². The first-order valence-electron chi connectivity index (χ1n) is 6.07. The largest absolute Gasteiger partial charge is 0.373 e. The molecule has 0 aliphatic carbocycles. The number of rotatable bonds is 3.